The van der Waals surface area contributed by atoms with E-state index in [1.54, 1.807) is 4.90 Å². The lowest BCUT2D eigenvalue weighted by molar-refractivity contribution is -0.140. The molecule has 1 N–H and O–H groups in total. The van der Waals surface area contributed by atoms with Crippen LogP contribution in [0.25, 0.3) is 0 Å². The van der Waals surface area contributed by atoms with Crippen LogP contribution in [0.4, 0.5) is 0 Å². The zero-order chi connectivity index (χ0) is 21.3. The number of benzene rings is 2. The predicted molar refractivity (Wildman–Crippen MR) is 121 cm³/mol. The highest BCUT2D eigenvalue weighted by Crippen LogP contribution is 2.19. The van der Waals surface area contributed by atoms with E-state index in [0.717, 1.165) is 24.8 Å². The van der Waals surface area contributed by atoms with Crippen molar-refractivity contribution in [1.82, 2.24) is 10.2 Å². The molecule has 1 aliphatic rings. The van der Waals surface area contributed by atoms with Gasteiger partial charge in [-0.2, -0.15) is 0 Å². The van der Waals surface area contributed by atoms with Gasteiger partial charge in [-0.15, -0.1) is 0 Å². The second-order valence-electron chi connectivity index (χ2n) is 8.40. The van der Waals surface area contributed by atoms with E-state index in [-0.39, 0.29) is 17.9 Å². The molecule has 1 aliphatic carbocycles. The van der Waals surface area contributed by atoms with Gasteiger partial charge in [0.2, 0.25) is 11.8 Å². The lowest BCUT2D eigenvalue weighted by Gasteiger charge is -2.31. The summed E-state index contributed by atoms with van der Waals surface area (Å²) in [5, 5.41) is 3.20. The van der Waals surface area contributed by atoms with Crippen molar-refractivity contribution in [2.45, 2.75) is 70.9 Å². The molecule has 2 aromatic rings. The Labute approximate surface area is 180 Å². The molecule has 0 heterocycles. The molecule has 4 nitrogen and oxygen atoms in total. The number of nitrogens with one attached hydrogen (secondary N) is 1. The fraction of sp³-hybridized carbons (Fsp3) is 0.462. The Balaban J connectivity index is 1.74. The molecule has 1 unspecified atom stereocenters. The van der Waals surface area contributed by atoms with Crippen LogP contribution in [0.15, 0.2) is 54.6 Å². The zero-order valence-corrected chi connectivity index (χ0v) is 18.3. The Morgan fingerprint density at radius 3 is 2.30 bits per heavy atom. The van der Waals surface area contributed by atoms with Crippen molar-refractivity contribution in [3.63, 3.8) is 0 Å². The molecule has 1 atom stereocenters. The van der Waals surface area contributed by atoms with E-state index in [0.29, 0.717) is 19.4 Å². The molecule has 3 rings (SSSR count). The second kappa shape index (κ2) is 11.0. The van der Waals surface area contributed by atoms with Crippen LogP contribution in [0.3, 0.4) is 0 Å². The summed E-state index contributed by atoms with van der Waals surface area (Å²) < 4.78 is 0. The van der Waals surface area contributed by atoms with Crippen molar-refractivity contribution in [1.29, 1.82) is 0 Å². The van der Waals surface area contributed by atoms with Gasteiger partial charge >= 0.3 is 0 Å². The van der Waals surface area contributed by atoms with Crippen LogP contribution in [0.5, 0.6) is 0 Å². The molecule has 2 amide bonds. The molecule has 0 saturated heterocycles. The molecule has 0 bridgehead atoms. The molecule has 1 fully saturated rings. The van der Waals surface area contributed by atoms with Gasteiger partial charge in [0.15, 0.2) is 0 Å². The maximum absolute atomic E-state index is 13.3. The van der Waals surface area contributed by atoms with Gasteiger partial charge in [0.05, 0.1) is 6.42 Å². The Morgan fingerprint density at radius 1 is 1.00 bits per heavy atom. The maximum Gasteiger partial charge on any atom is 0.243 e. The Hall–Kier alpha value is -2.62. The van der Waals surface area contributed by atoms with E-state index in [1.165, 1.54) is 24.0 Å². The molecule has 0 spiro atoms. The first kappa shape index (κ1) is 22.1. The van der Waals surface area contributed by atoms with E-state index >= 15 is 0 Å². The lowest BCUT2D eigenvalue weighted by atomic mass is 10.0. The quantitative estimate of drug-likeness (QED) is 0.669. The van der Waals surface area contributed by atoms with Crippen LogP contribution < -0.4 is 5.32 Å². The number of carbonyl (C=O) groups excluding carboxylic acids is 2. The van der Waals surface area contributed by atoms with E-state index < -0.39 is 6.04 Å². The van der Waals surface area contributed by atoms with Crippen molar-refractivity contribution in [3.05, 3.63) is 71.3 Å². The normalized spacial score (nSPS) is 15.0. The highest BCUT2D eigenvalue weighted by Gasteiger charge is 2.30. The Bertz CT molecular complexity index is 811. The SMILES string of the molecule is CCC(C(=O)NC1CCCC1)N(CCc1ccccc1)C(=O)Cc1ccc(C)cc1. The first-order chi connectivity index (χ1) is 14.6. The number of carbonyl (C=O) groups is 2. The number of aryl methyl sites for hydroxylation is 1. The highest BCUT2D eigenvalue weighted by atomic mass is 16.2. The molecule has 4 heteroatoms. The zero-order valence-electron chi connectivity index (χ0n) is 18.3. The number of nitrogens with zero attached hydrogens (tertiary/aromatic N) is 1. The summed E-state index contributed by atoms with van der Waals surface area (Å²) in [6.07, 6.45) is 6.12. The largest absolute Gasteiger partial charge is 0.352 e. The minimum absolute atomic E-state index is 0.00489. The average molecular weight is 407 g/mol. The van der Waals surface area contributed by atoms with Gasteiger partial charge in [-0.1, -0.05) is 79.9 Å². The summed E-state index contributed by atoms with van der Waals surface area (Å²) in [4.78, 5) is 28.2. The summed E-state index contributed by atoms with van der Waals surface area (Å²) in [5.41, 5.74) is 3.34. The van der Waals surface area contributed by atoms with Gasteiger partial charge in [0.1, 0.15) is 6.04 Å². The predicted octanol–water partition coefficient (Wildman–Crippen LogP) is 4.45. The minimum Gasteiger partial charge on any atom is -0.352 e. The van der Waals surface area contributed by atoms with Crippen molar-refractivity contribution < 1.29 is 9.59 Å². The maximum atomic E-state index is 13.3. The topological polar surface area (TPSA) is 49.4 Å². The lowest BCUT2D eigenvalue weighted by Crippen LogP contribution is -2.52. The average Bonchev–Trinajstić information content (AvgIpc) is 3.26. The molecule has 0 radical (unpaired) electrons. The van der Waals surface area contributed by atoms with Crippen LogP contribution in [0, 0.1) is 6.92 Å². The summed E-state index contributed by atoms with van der Waals surface area (Å²) in [7, 11) is 0. The first-order valence-electron chi connectivity index (χ1n) is 11.3. The smallest absolute Gasteiger partial charge is 0.243 e. The molecule has 2 aromatic carbocycles. The Kier molecular flexibility index (Phi) is 8.06. The van der Waals surface area contributed by atoms with Gasteiger partial charge in [-0.05, 0) is 43.7 Å². The van der Waals surface area contributed by atoms with Crippen LogP contribution in [0.2, 0.25) is 0 Å². The van der Waals surface area contributed by atoms with Crippen molar-refractivity contribution in [3.8, 4) is 0 Å². The Morgan fingerprint density at radius 2 is 1.67 bits per heavy atom. The van der Waals surface area contributed by atoms with E-state index in [9.17, 15) is 9.59 Å². The summed E-state index contributed by atoms with van der Waals surface area (Å²) in [6.45, 7) is 4.58. The monoisotopic (exact) mass is 406 g/mol. The third-order valence-electron chi connectivity index (χ3n) is 6.05. The van der Waals surface area contributed by atoms with Gasteiger partial charge in [-0.3, -0.25) is 9.59 Å². The molecule has 0 aliphatic heterocycles. The fourth-order valence-corrected chi connectivity index (χ4v) is 4.25. The van der Waals surface area contributed by atoms with E-state index in [1.807, 2.05) is 56.3 Å². The van der Waals surface area contributed by atoms with Crippen LogP contribution in [-0.4, -0.2) is 35.3 Å². The van der Waals surface area contributed by atoms with Crippen molar-refractivity contribution >= 4 is 11.8 Å². The highest BCUT2D eigenvalue weighted by molar-refractivity contribution is 5.88. The van der Waals surface area contributed by atoms with Crippen LogP contribution >= 0.6 is 0 Å². The summed E-state index contributed by atoms with van der Waals surface area (Å²) in [6, 6.07) is 18.1. The second-order valence-corrected chi connectivity index (χ2v) is 8.40. The van der Waals surface area contributed by atoms with Gasteiger partial charge in [0.25, 0.3) is 0 Å². The van der Waals surface area contributed by atoms with Crippen molar-refractivity contribution in [2.75, 3.05) is 6.54 Å². The minimum atomic E-state index is -0.424. The fourth-order valence-electron chi connectivity index (χ4n) is 4.25. The summed E-state index contributed by atoms with van der Waals surface area (Å²) in [5.74, 6) is 0.0120. The summed E-state index contributed by atoms with van der Waals surface area (Å²) >= 11 is 0. The van der Waals surface area contributed by atoms with E-state index in [4.69, 9.17) is 0 Å². The third kappa shape index (κ3) is 6.19. The van der Waals surface area contributed by atoms with E-state index in [2.05, 4.69) is 17.4 Å². The molecule has 0 aromatic heterocycles. The third-order valence-corrected chi connectivity index (χ3v) is 6.05. The van der Waals surface area contributed by atoms with Crippen LogP contribution in [-0.2, 0) is 22.4 Å². The van der Waals surface area contributed by atoms with Gasteiger partial charge < -0.3 is 10.2 Å². The van der Waals surface area contributed by atoms with Crippen LogP contribution in [0.1, 0.15) is 55.7 Å². The molecular formula is C26H34N2O2. The number of amides is 2. The molecule has 30 heavy (non-hydrogen) atoms. The number of hydrogen-bond acceptors (Lipinski definition) is 2. The molecule has 1 saturated carbocycles. The standard InChI is InChI=1S/C26H34N2O2/c1-3-24(26(30)27-23-11-7-8-12-23)28(18-17-21-9-5-4-6-10-21)25(29)19-22-15-13-20(2)14-16-22/h4-6,9-10,13-16,23-24H,3,7-8,11-12,17-19H2,1-2H3,(H,27,30). The molecular weight excluding hydrogens is 372 g/mol. The molecule has 160 valence electrons. The first-order valence-corrected chi connectivity index (χ1v) is 11.3. The number of rotatable bonds is 9. The van der Waals surface area contributed by atoms with Gasteiger partial charge in [0, 0.05) is 12.6 Å². The number of hydrogen-bond donors (Lipinski definition) is 1. The van der Waals surface area contributed by atoms with Crippen molar-refractivity contribution in [2.24, 2.45) is 0 Å². The van der Waals surface area contributed by atoms with Gasteiger partial charge in [-0.25, -0.2) is 0 Å².